The number of benzene rings is 4. The summed E-state index contributed by atoms with van der Waals surface area (Å²) in [4.78, 5) is 26.0. The second kappa shape index (κ2) is 29.5. The fourth-order valence-corrected chi connectivity index (χ4v) is 6.79. The number of nitrogen functional groups attached to an aromatic ring is 1. The van der Waals surface area contributed by atoms with E-state index in [4.69, 9.17) is 30.3 Å². The van der Waals surface area contributed by atoms with Crippen molar-refractivity contribution in [2.75, 3.05) is 20.4 Å². The maximum atomic E-state index is 11.6. The van der Waals surface area contributed by atoms with Crippen LogP contribution < -0.4 is 27.4 Å². The van der Waals surface area contributed by atoms with Gasteiger partial charge >= 0.3 is 0 Å². The Kier molecular flexibility index (Phi) is 26.8. The third-order valence-electron chi connectivity index (χ3n) is 8.36. The van der Waals surface area contributed by atoms with Crippen molar-refractivity contribution >= 4 is 134 Å². The van der Waals surface area contributed by atoms with E-state index >= 15 is 0 Å². The number of carbonyl (C=O) groups is 2. The van der Waals surface area contributed by atoms with Crippen LogP contribution in [0.4, 0.5) is 0 Å². The van der Waals surface area contributed by atoms with Crippen molar-refractivity contribution in [2.45, 2.75) is 40.3 Å². The highest BCUT2D eigenvalue weighted by Crippen LogP contribution is 2.27. The Morgan fingerprint density at radius 1 is 0.750 bits per heavy atom. The van der Waals surface area contributed by atoms with E-state index in [1.54, 1.807) is 50.1 Å². The number of nitrogens with one attached hydrogen (secondary N) is 5. The molecule has 2 heterocycles. The molecule has 0 saturated heterocycles. The van der Waals surface area contributed by atoms with E-state index in [1.165, 1.54) is 11.1 Å². The second-order valence-electron chi connectivity index (χ2n) is 12.8. The van der Waals surface area contributed by atoms with Gasteiger partial charge in [-0.05, 0) is 129 Å². The first-order valence-corrected chi connectivity index (χ1v) is 23.8. The summed E-state index contributed by atoms with van der Waals surface area (Å²) >= 11 is 29.3. The molecule has 2 aromatic heterocycles. The molecule has 0 unspecified atom stereocenters. The van der Waals surface area contributed by atoms with Crippen molar-refractivity contribution in [3.8, 4) is 22.8 Å². The van der Waals surface area contributed by atoms with E-state index in [9.17, 15) is 9.59 Å². The van der Waals surface area contributed by atoms with Crippen LogP contribution in [0, 0.1) is 32.5 Å². The van der Waals surface area contributed by atoms with E-state index < -0.39 is 0 Å². The number of nitrogens with zero attached hydrogens (tertiary/aromatic N) is 6. The maximum absolute atomic E-state index is 11.6. The van der Waals surface area contributed by atoms with Crippen LogP contribution >= 0.6 is 112 Å². The van der Waals surface area contributed by atoms with Crippen molar-refractivity contribution < 1.29 is 9.59 Å². The average molecular weight is 1200 g/mol. The Balaban J connectivity index is 0.000000414. The van der Waals surface area contributed by atoms with Gasteiger partial charge in [-0.2, -0.15) is 5.10 Å². The minimum absolute atomic E-state index is 0. The number of thioether (sulfide) groups is 1. The van der Waals surface area contributed by atoms with Gasteiger partial charge in [0.1, 0.15) is 0 Å². The highest BCUT2D eigenvalue weighted by Gasteiger charge is 2.11. The van der Waals surface area contributed by atoms with Gasteiger partial charge in [0.2, 0.25) is 0 Å². The van der Waals surface area contributed by atoms with Crippen molar-refractivity contribution in [1.29, 1.82) is 0 Å². The number of aliphatic imine (C=N–C) groups is 1. The number of hydrogen-bond donors (Lipinski definition) is 6. The van der Waals surface area contributed by atoms with Crippen LogP contribution in [0.2, 0.25) is 0 Å². The number of aromatic nitrogens is 6. The molecule has 0 saturated carbocycles. The number of isothiocyanates is 1. The lowest BCUT2D eigenvalue weighted by molar-refractivity contribution is 0.0939. The number of carbonyl (C=O) groups excluding carboxylic acids is 2. The predicted molar refractivity (Wildman–Crippen MR) is 286 cm³/mol. The smallest absolute Gasteiger partial charge is 0.269 e. The molecule has 342 valence electrons. The Bertz CT molecular complexity index is 2630. The summed E-state index contributed by atoms with van der Waals surface area (Å²) in [6, 6.07) is 23.0. The molecule has 0 aliphatic heterocycles. The summed E-state index contributed by atoms with van der Waals surface area (Å²) in [6.07, 6.45) is 2.00. The van der Waals surface area contributed by atoms with Crippen molar-refractivity contribution in [2.24, 2.45) is 24.9 Å². The van der Waals surface area contributed by atoms with Gasteiger partial charge in [-0.3, -0.25) is 31.0 Å². The topological polar surface area (TPSA) is 185 Å². The SMILES string of the molecule is C.CN=C=S.CNC(=S)NNC(=O)c1ccc(C)c(Br)c1.CSc1nnc(-c2ccc(C)c(Br)c2)n1C.Cc1ccc(-c2n[nH]c(=S)n2C)cc1Br.Cc1ccc(C(=O)NN)cc1Br. The highest BCUT2D eigenvalue weighted by molar-refractivity contribution is 9.11. The lowest BCUT2D eigenvalue weighted by Gasteiger charge is -2.09. The van der Waals surface area contributed by atoms with Gasteiger partial charge in [-0.1, -0.05) is 119 Å². The summed E-state index contributed by atoms with van der Waals surface area (Å²) in [7, 11) is 7.14. The minimum atomic E-state index is -0.282. The first-order chi connectivity index (χ1) is 29.8. The first kappa shape index (κ1) is 58.1. The zero-order valence-electron chi connectivity index (χ0n) is 35.7. The number of hydrogen-bond acceptors (Lipinski definition) is 11. The Morgan fingerprint density at radius 2 is 1.19 bits per heavy atom. The van der Waals surface area contributed by atoms with E-state index in [0.717, 1.165) is 56.9 Å². The normalized spacial score (nSPS) is 9.59. The fraction of sp³-hybridized carbons (Fsp3) is 0.238. The number of thiocarbonyl (C=S) groups is 2. The van der Waals surface area contributed by atoms with E-state index in [1.807, 2.05) is 67.6 Å². The van der Waals surface area contributed by atoms with Crippen LogP contribution in [0.5, 0.6) is 0 Å². The molecule has 14 nitrogen and oxygen atoms in total. The van der Waals surface area contributed by atoms with Crippen molar-refractivity contribution in [3.63, 3.8) is 0 Å². The Hall–Kier alpha value is -3.96. The Morgan fingerprint density at radius 3 is 1.55 bits per heavy atom. The number of aromatic amines is 1. The zero-order valence-corrected chi connectivity index (χ0v) is 45.3. The third-order valence-corrected chi connectivity index (χ3v) is 13.4. The summed E-state index contributed by atoms with van der Waals surface area (Å²) in [6.45, 7) is 8.03. The van der Waals surface area contributed by atoms with Crippen molar-refractivity contribution in [3.05, 3.63) is 129 Å². The number of nitrogens with two attached hydrogens (primary N) is 1. The minimum Gasteiger partial charge on any atom is -0.364 e. The number of H-pyrrole nitrogens is 1. The summed E-state index contributed by atoms with van der Waals surface area (Å²) in [5.41, 5.74) is 14.9. The molecular formula is C42H50Br4N12O2S4. The van der Waals surface area contributed by atoms with Crippen LogP contribution in [0.3, 0.4) is 0 Å². The molecular weight excluding hydrogens is 1150 g/mol. The van der Waals surface area contributed by atoms with Crippen LogP contribution in [0.15, 0.2) is 101 Å². The van der Waals surface area contributed by atoms with Crippen LogP contribution in [0.25, 0.3) is 22.8 Å². The van der Waals surface area contributed by atoms with Crippen LogP contribution in [-0.2, 0) is 14.1 Å². The molecule has 7 N–H and O–H groups in total. The molecule has 22 heteroatoms. The molecule has 2 amide bonds. The molecule has 0 aliphatic carbocycles. The monoisotopic (exact) mass is 1200 g/mol. The summed E-state index contributed by atoms with van der Waals surface area (Å²) < 4.78 is 8.46. The number of rotatable bonds is 5. The molecule has 0 aliphatic rings. The fourth-order valence-electron chi connectivity index (χ4n) is 4.61. The van der Waals surface area contributed by atoms with Gasteiger partial charge in [-0.25, -0.2) is 10.8 Å². The van der Waals surface area contributed by atoms with Gasteiger partial charge in [0, 0.05) is 68.3 Å². The van der Waals surface area contributed by atoms with E-state index in [2.05, 4.69) is 166 Å². The third kappa shape index (κ3) is 18.1. The van der Waals surface area contributed by atoms with Gasteiger partial charge < -0.3 is 14.5 Å². The number of aryl methyl sites for hydroxylation is 4. The standard InChI is InChI=1S/C11H12BrN3S.C10H12BrN3OS.C10H10BrN3S.C8H9BrN2O.C2H3NS.CH4/c1-7-4-5-8(6-9(7)12)10-13-14-11(16-3)15(10)2;1-6-3-4-7(5-8(6)11)9(15)13-14-10(16)12-2;1-6-3-4-7(5-8(6)11)9-12-13-10(15)14(9)2;1-5-2-3-6(4-7(5)9)8(12)11-10;1-3-2-4;/h4-6H,1-3H3;3-5H,1-2H3,(H,13,15)(H2,12,14,16);3-5H,1-2H3,(H,13,15);2-4H,10H2,1H3,(H,11,12);1H3;1H4. The first-order valence-electron chi connectivity index (χ1n) is 18.2. The van der Waals surface area contributed by atoms with Crippen molar-refractivity contribution in [1.82, 2.24) is 51.1 Å². The number of halogens is 4. The molecule has 0 atom stereocenters. The molecule has 0 spiro atoms. The zero-order chi connectivity index (χ0) is 47.4. The van der Waals surface area contributed by atoms with E-state index in [-0.39, 0.29) is 19.2 Å². The van der Waals surface area contributed by atoms with Gasteiger partial charge in [0.05, 0.1) is 5.16 Å². The lowest BCUT2D eigenvalue weighted by atomic mass is 10.1. The summed E-state index contributed by atoms with van der Waals surface area (Å²) in [5.74, 6) is 6.20. The molecule has 0 radical (unpaired) electrons. The lowest BCUT2D eigenvalue weighted by Crippen LogP contribution is -2.45. The predicted octanol–water partition coefficient (Wildman–Crippen LogP) is 10.7. The van der Waals surface area contributed by atoms with Crippen LogP contribution in [0.1, 0.15) is 50.4 Å². The number of hydrazine groups is 2. The molecule has 4 aromatic carbocycles. The molecule has 6 rings (SSSR count). The Labute approximate surface area is 428 Å². The van der Waals surface area contributed by atoms with Gasteiger partial charge in [0.25, 0.3) is 11.8 Å². The van der Waals surface area contributed by atoms with Gasteiger partial charge in [0.15, 0.2) is 26.7 Å². The van der Waals surface area contributed by atoms with E-state index in [0.29, 0.717) is 21.0 Å². The average Bonchev–Trinajstić information content (AvgIpc) is 3.83. The van der Waals surface area contributed by atoms with Gasteiger partial charge in [-0.15, -0.1) is 10.2 Å². The second-order valence-corrected chi connectivity index (χ2v) is 18.0. The molecule has 0 bridgehead atoms. The largest absolute Gasteiger partial charge is 0.364 e. The maximum Gasteiger partial charge on any atom is 0.269 e. The quantitative estimate of drug-likeness (QED) is 0.0240. The molecule has 6 aromatic rings. The summed E-state index contributed by atoms with van der Waals surface area (Å²) in [5, 5.41) is 21.4. The molecule has 64 heavy (non-hydrogen) atoms. The number of amides is 2. The molecule has 0 fully saturated rings. The van der Waals surface area contributed by atoms with Crippen LogP contribution in [-0.4, -0.2) is 72.0 Å². The highest BCUT2D eigenvalue weighted by atomic mass is 79.9.